The first kappa shape index (κ1) is 14.3. The Morgan fingerprint density at radius 1 is 1.17 bits per heavy atom. The SMILES string of the molecule is CCC1CCN(C2CCC(OC)CC2)C(CN)C1. The molecule has 0 bridgehead atoms. The minimum Gasteiger partial charge on any atom is -0.381 e. The van der Waals surface area contributed by atoms with Crippen molar-refractivity contribution in [3.63, 3.8) is 0 Å². The van der Waals surface area contributed by atoms with Gasteiger partial charge < -0.3 is 10.5 Å². The van der Waals surface area contributed by atoms with Crippen LogP contribution in [0, 0.1) is 5.92 Å². The molecule has 1 saturated heterocycles. The zero-order valence-corrected chi connectivity index (χ0v) is 12.1. The third kappa shape index (κ3) is 3.25. The third-order valence-corrected chi connectivity index (χ3v) is 5.17. The summed E-state index contributed by atoms with van der Waals surface area (Å²) in [5.41, 5.74) is 6.00. The number of hydrogen-bond acceptors (Lipinski definition) is 3. The zero-order chi connectivity index (χ0) is 13.0. The Balaban J connectivity index is 1.88. The highest BCUT2D eigenvalue weighted by molar-refractivity contribution is 4.89. The monoisotopic (exact) mass is 254 g/mol. The van der Waals surface area contributed by atoms with Crippen molar-refractivity contribution in [2.24, 2.45) is 11.7 Å². The summed E-state index contributed by atoms with van der Waals surface area (Å²) in [6.45, 7) is 4.42. The van der Waals surface area contributed by atoms with Gasteiger partial charge in [0.25, 0.3) is 0 Å². The van der Waals surface area contributed by atoms with Crippen molar-refractivity contribution in [2.75, 3.05) is 20.2 Å². The van der Waals surface area contributed by atoms with Gasteiger partial charge in [0.2, 0.25) is 0 Å². The van der Waals surface area contributed by atoms with Gasteiger partial charge in [0.05, 0.1) is 6.10 Å². The van der Waals surface area contributed by atoms with Crippen LogP contribution in [0.5, 0.6) is 0 Å². The molecule has 3 heteroatoms. The number of nitrogens with zero attached hydrogens (tertiary/aromatic N) is 1. The summed E-state index contributed by atoms with van der Waals surface area (Å²) in [7, 11) is 1.85. The highest BCUT2D eigenvalue weighted by atomic mass is 16.5. The molecule has 1 aliphatic heterocycles. The molecule has 2 fully saturated rings. The summed E-state index contributed by atoms with van der Waals surface area (Å²) in [4.78, 5) is 2.72. The average molecular weight is 254 g/mol. The molecule has 0 spiro atoms. The minimum absolute atomic E-state index is 0.505. The molecule has 106 valence electrons. The van der Waals surface area contributed by atoms with Crippen LogP contribution in [0.15, 0.2) is 0 Å². The Bertz CT molecular complexity index is 239. The Hall–Kier alpha value is -0.120. The van der Waals surface area contributed by atoms with E-state index in [1.807, 2.05) is 7.11 Å². The van der Waals surface area contributed by atoms with Crippen molar-refractivity contribution in [1.29, 1.82) is 0 Å². The molecule has 18 heavy (non-hydrogen) atoms. The Morgan fingerprint density at radius 2 is 1.89 bits per heavy atom. The predicted molar refractivity (Wildman–Crippen MR) is 75.6 cm³/mol. The van der Waals surface area contributed by atoms with Gasteiger partial charge >= 0.3 is 0 Å². The second-order valence-electron chi connectivity index (χ2n) is 6.09. The normalized spacial score (nSPS) is 38.8. The van der Waals surface area contributed by atoms with E-state index in [1.165, 1.54) is 51.5 Å². The molecule has 2 rings (SSSR count). The van der Waals surface area contributed by atoms with Gasteiger partial charge in [0.15, 0.2) is 0 Å². The van der Waals surface area contributed by atoms with Gasteiger partial charge in [0, 0.05) is 25.7 Å². The third-order valence-electron chi connectivity index (χ3n) is 5.17. The lowest BCUT2D eigenvalue weighted by Gasteiger charge is -2.45. The van der Waals surface area contributed by atoms with E-state index in [-0.39, 0.29) is 0 Å². The molecule has 1 aliphatic carbocycles. The van der Waals surface area contributed by atoms with E-state index in [2.05, 4.69) is 11.8 Å². The van der Waals surface area contributed by atoms with Crippen LogP contribution in [0.1, 0.15) is 51.9 Å². The molecular formula is C15H30N2O. The maximum Gasteiger partial charge on any atom is 0.0572 e. The van der Waals surface area contributed by atoms with Gasteiger partial charge in [0.1, 0.15) is 0 Å². The van der Waals surface area contributed by atoms with Crippen molar-refractivity contribution in [1.82, 2.24) is 4.90 Å². The number of nitrogens with two attached hydrogens (primary N) is 1. The molecule has 2 N–H and O–H groups in total. The number of ether oxygens (including phenoxy) is 1. The smallest absolute Gasteiger partial charge is 0.0572 e. The van der Waals surface area contributed by atoms with Gasteiger partial charge in [-0.1, -0.05) is 13.3 Å². The van der Waals surface area contributed by atoms with Gasteiger partial charge in [-0.2, -0.15) is 0 Å². The first-order valence-electron chi connectivity index (χ1n) is 7.77. The fourth-order valence-corrected chi connectivity index (χ4v) is 3.85. The fraction of sp³-hybridized carbons (Fsp3) is 1.00. The lowest BCUT2D eigenvalue weighted by Crippen LogP contribution is -2.52. The molecule has 2 aliphatic rings. The van der Waals surface area contributed by atoms with Crippen LogP contribution in [0.25, 0.3) is 0 Å². The molecule has 0 amide bonds. The summed E-state index contributed by atoms with van der Waals surface area (Å²) in [6, 6.07) is 1.40. The quantitative estimate of drug-likeness (QED) is 0.837. The summed E-state index contributed by atoms with van der Waals surface area (Å²) >= 11 is 0. The minimum atomic E-state index is 0.505. The van der Waals surface area contributed by atoms with Crippen LogP contribution in [-0.2, 0) is 4.74 Å². The Morgan fingerprint density at radius 3 is 2.44 bits per heavy atom. The largest absolute Gasteiger partial charge is 0.381 e. The standard InChI is InChI=1S/C15H30N2O/c1-3-12-8-9-17(14(10-12)11-16)13-4-6-15(18-2)7-5-13/h12-15H,3-11,16H2,1-2H3. The highest BCUT2D eigenvalue weighted by Gasteiger charge is 2.33. The highest BCUT2D eigenvalue weighted by Crippen LogP contribution is 2.32. The van der Waals surface area contributed by atoms with E-state index >= 15 is 0 Å². The zero-order valence-electron chi connectivity index (χ0n) is 12.1. The van der Waals surface area contributed by atoms with Crippen molar-refractivity contribution in [2.45, 2.75) is 70.1 Å². The maximum absolute atomic E-state index is 6.00. The molecule has 1 heterocycles. The van der Waals surface area contributed by atoms with Crippen LogP contribution < -0.4 is 5.73 Å². The van der Waals surface area contributed by atoms with Crippen LogP contribution in [0.4, 0.5) is 0 Å². The number of likely N-dealkylation sites (tertiary alicyclic amines) is 1. The first-order chi connectivity index (χ1) is 8.78. The lowest BCUT2D eigenvalue weighted by atomic mass is 9.84. The van der Waals surface area contributed by atoms with Crippen LogP contribution >= 0.6 is 0 Å². The predicted octanol–water partition coefficient (Wildman–Crippen LogP) is 2.39. The van der Waals surface area contributed by atoms with Gasteiger partial charge in [-0.25, -0.2) is 0 Å². The van der Waals surface area contributed by atoms with E-state index in [0.29, 0.717) is 12.1 Å². The van der Waals surface area contributed by atoms with Gasteiger partial charge in [-0.15, -0.1) is 0 Å². The molecule has 3 nitrogen and oxygen atoms in total. The molecule has 2 atom stereocenters. The van der Waals surface area contributed by atoms with Crippen LogP contribution in [-0.4, -0.2) is 43.3 Å². The molecule has 2 unspecified atom stereocenters. The number of hydrogen-bond donors (Lipinski definition) is 1. The summed E-state index contributed by atoms with van der Waals surface area (Å²) in [6.07, 6.45) is 9.57. The van der Waals surface area contributed by atoms with Gasteiger partial charge in [-0.05, 0) is 51.0 Å². The average Bonchev–Trinajstić information content (AvgIpc) is 2.46. The van der Waals surface area contributed by atoms with E-state index in [9.17, 15) is 0 Å². The van der Waals surface area contributed by atoms with Gasteiger partial charge in [-0.3, -0.25) is 4.90 Å². The molecule has 0 aromatic carbocycles. The fourth-order valence-electron chi connectivity index (χ4n) is 3.85. The van der Waals surface area contributed by atoms with Crippen molar-refractivity contribution in [3.8, 4) is 0 Å². The molecule has 1 saturated carbocycles. The molecule has 0 aromatic rings. The van der Waals surface area contributed by atoms with E-state index in [4.69, 9.17) is 10.5 Å². The van der Waals surface area contributed by atoms with E-state index in [1.54, 1.807) is 0 Å². The number of piperidine rings is 1. The van der Waals surface area contributed by atoms with Crippen molar-refractivity contribution in [3.05, 3.63) is 0 Å². The summed E-state index contributed by atoms with van der Waals surface area (Å²) in [5, 5.41) is 0. The molecule has 0 radical (unpaired) electrons. The first-order valence-corrected chi connectivity index (χ1v) is 7.77. The van der Waals surface area contributed by atoms with Crippen molar-refractivity contribution >= 4 is 0 Å². The van der Waals surface area contributed by atoms with E-state index in [0.717, 1.165) is 18.5 Å². The van der Waals surface area contributed by atoms with Crippen molar-refractivity contribution < 1.29 is 4.74 Å². The maximum atomic E-state index is 6.00. The lowest BCUT2D eigenvalue weighted by molar-refractivity contribution is 0.00823. The summed E-state index contributed by atoms with van der Waals surface area (Å²) in [5.74, 6) is 0.908. The second kappa shape index (κ2) is 6.88. The Kier molecular flexibility index (Phi) is 5.46. The second-order valence-corrected chi connectivity index (χ2v) is 6.09. The number of rotatable bonds is 4. The molecular weight excluding hydrogens is 224 g/mol. The molecule has 0 aromatic heterocycles. The van der Waals surface area contributed by atoms with Crippen LogP contribution in [0.3, 0.4) is 0 Å². The summed E-state index contributed by atoms with van der Waals surface area (Å²) < 4.78 is 5.47. The number of methoxy groups -OCH3 is 1. The topological polar surface area (TPSA) is 38.5 Å². The van der Waals surface area contributed by atoms with E-state index < -0.39 is 0 Å². The van der Waals surface area contributed by atoms with Crippen LogP contribution in [0.2, 0.25) is 0 Å². The Labute approximate surface area is 112 Å².